The van der Waals surface area contributed by atoms with Gasteiger partial charge in [-0.2, -0.15) is 0 Å². The highest BCUT2D eigenvalue weighted by Gasteiger charge is 2.03. The predicted molar refractivity (Wildman–Crippen MR) is 56.7 cm³/mol. The molecule has 0 heterocycles. The lowest BCUT2D eigenvalue weighted by Crippen LogP contribution is -2.17. The second-order valence-corrected chi connectivity index (χ2v) is 2.78. The summed E-state index contributed by atoms with van der Waals surface area (Å²) in [5.74, 6) is -0.382. The van der Waals surface area contributed by atoms with E-state index in [2.05, 4.69) is 5.32 Å². The van der Waals surface area contributed by atoms with Gasteiger partial charge >= 0.3 is 0 Å². The number of nitrogens with one attached hydrogen (secondary N) is 2. The van der Waals surface area contributed by atoms with E-state index in [0.29, 0.717) is 11.1 Å². The molecule has 1 aromatic carbocycles. The van der Waals surface area contributed by atoms with Crippen LogP contribution in [0.25, 0.3) is 0 Å². The molecular weight excluding hydrogens is 194 g/mol. The second kappa shape index (κ2) is 4.80. The number of aliphatic hydroxyl groups excluding tert-OH is 1. The van der Waals surface area contributed by atoms with Gasteiger partial charge in [-0.25, -0.2) is 0 Å². The molecule has 1 aromatic rings. The minimum atomic E-state index is -0.338. The van der Waals surface area contributed by atoms with Crippen molar-refractivity contribution in [3.05, 3.63) is 47.9 Å². The van der Waals surface area contributed by atoms with Gasteiger partial charge in [0.1, 0.15) is 5.84 Å². The molecule has 0 aliphatic rings. The highest BCUT2D eigenvalue weighted by molar-refractivity contribution is 5.98. The van der Waals surface area contributed by atoms with Crippen LogP contribution in [0.3, 0.4) is 0 Å². The standard InChI is InChI=1S/C10H11N3O2/c11-9(12)7-1-3-8(4-2-7)10(15)13-5-6-14/h1-6,14H,(H3,11,12)(H,13,15)/b6-5+. The van der Waals surface area contributed by atoms with Crippen LogP contribution in [-0.4, -0.2) is 16.8 Å². The van der Waals surface area contributed by atoms with Crippen LogP contribution in [0.2, 0.25) is 0 Å². The van der Waals surface area contributed by atoms with E-state index in [-0.39, 0.29) is 11.7 Å². The maximum Gasteiger partial charge on any atom is 0.255 e. The Labute approximate surface area is 86.7 Å². The van der Waals surface area contributed by atoms with E-state index in [1.54, 1.807) is 24.3 Å². The van der Waals surface area contributed by atoms with E-state index in [1.165, 1.54) is 0 Å². The van der Waals surface area contributed by atoms with Gasteiger partial charge in [-0.05, 0) is 12.1 Å². The molecule has 5 nitrogen and oxygen atoms in total. The highest BCUT2D eigenvalue weighted by Crippen LogP contribution is 2.03. The molecule has 1 rings (SSSR count). The van der Waals surface area contributed by atoms with Crippen molar-refractivity contribution in [1.82, 2.24) is 5.32 Å². The van der Waals surface area contributed by atoms with Crippen LogP contribution in [-0.2, 0) is 0 Å². The van der Waals surface area contributed by atoms with Crippen LogP contribution in [0.4, 0.5) is 0 Å². The summed E-state index contributed by atoms with van der Waals surface area (Å²) in [6.45, 7) is 0. The number of aliphatic hydroxyl groups is 1. The molecule has 0 saturated carbocycles. The summed E-state index contributed by atoms with van der Waals surface area (Å²) < 4.78 is 0. The van der Waals surface area contributed by atoms with Gasteiger partial charge in [-0.1, -0.05) is 12.1 Å². The average molecular weight is 205 g/mol. The molecule has 0 fully saturated rings. The third-order valence-corrected chi connectivity index (χ3v) is 1.75. The van der Waals surface area contributed by atoms with Gasteiger partial charge in [0.15, 0.2) is 0 Å². The zero-order valence-corrected chi connectivity index (χ0v) is 7.90. The van der Waals surface area contributed by atoms with Gasteiger partial charge in [0.2, 0.25) is 0 Å². The zero-order chi connectivity index (χ0) is 11.3. The fourth-order valence-corrected chi connectivity index (χ4v) is 0.997. The van der Waals surface area contributed by atoms with E-state index in [9.17, 15) is 4.79 Å². The fourth-order valence-electron chi connectivity index (χ4n) is 0.997. The molecule has 0 saturated heterocycles. The number of hydrogen-bond acceptors (Lipinski definition) is 3. The summed E-state index contributed by atoms with van der Waals surface area (Å²) in [7, 11) is 0. The van der Waals surface area contributed by atoms with Gasteiger partial charge in [0, 0.05) is 17.3 Å². The van der Waals surface area contributed by atoms with Crippen molar-refractivity contribution in [3.8, 4) is 0 Å². The third-order valence-electron chi connectivity index (χ3n) is 1.75. The Balaban J connectivity index is 2.80. The zero-order valence-electron chi connectivity index (χ0n) is 7.90. The molecule has 0 unspecified atom stereocenters. The smallest absolute Gasteiger partial charge is 0.255 e. The number of amides is 1. The predicted octanol–water partition coefficient (Wildman–Crippen LogP) is 0.730. The summed E-state index contributed by atoms with van der Waals surface area (Å²) in [6, 6.07) is 6.27. The summed E-state index contributed by atoms with van der Waals surface area (Å²) in [6.07, 6.45) is 1.86. The average Bonchev–Trinajstić information content (AvgIpc) is 2.26. The summed E-state index contributed by atoms with van der Waals surface area (Å²) >= 11 is 0. The first-order chi connectivity index (χ1) is 7.15. The molecule has 0 aliphatic heterocycles. The maximum atomic E-state index is 11.3. The molecule has 1 amide bonds. The lowest BCUT2D eigenvalue weighted by Gasteiger charge is -2.01. The van der Waals surface area contributed by atoms with Crippen LogP contribution in [0, 0.1) is 5.41 Å². The van der Waals surface area contributed by atoms with Crippen molar-refractivity contribution in [2.45, 2.75) is 0 Å². The van der Waals surface area contributed by atoms with Crippen LogP contribution in [0.1, 0.15) is 15.9 Å². The van der Waals surface area contributed by atoms with E-state index in [0.717, 1.165) is 12.5 Å². The Hall–Kier alpha value is -2.30. The number of hydrogen-bond donors (Lipinski definition) is 4. The first-order valence-electron chi connectivity index (χ1n) is 4.19. The van der Waals surface area contributed by atoms with Gasteiger partial charge in [-0.15, -0.1) is 0 Å². The number of nitrogens with two attached hydrogens (primary N) is 1. The van der Waals surface area contributed by atoms with E-state index >= 15 is 0 Å². The minimum absolute atomic E-state index is 0.0442. The maximum absolute atomic E-state index is 11.3. The van der Waals surface area contributed by atoms with Gasteiger partial charge in [0.05, 0.1) is 6.26 Å². The molecule has 5 N–H and O–H groups in total. The number of amidine groups is 1. The lowest BCUT2D eigenvalue weighted by atomic mass is 10.1. The van der Waals surface area contributed by atoms with Crippen LogP contribution < -0.4 is 11.1 Å². The molecule has 5 heteroatoms. The van der Waals surface area contributed by atoms with Crippen molar-refractivity contribution >= 4 is 11.7 Å². The largest absolute Gasteiger partial charge is 0.514 e. The Morgan fingerprint density at radius 3 is 2.33 bits per heavy atom. The Morgan fingerprint density at radius 2 is 1.87 bits per heavy atom. The SMILES string of the molecule is N=C(N)c1ccc(C(=O)N/C=C/O)cc1. The van der Waals surface area contributed by atoms with Crippen LogP contribution in [0.5, 0.6) is 0 Å². The van der Waals surface area contributed by atoms with Crippen molar-refractivity contribution in [2.75, 3.05) is 0 Å². The summed E-state index contributed by atoms with van der Waals surface area (Å²) in [4.78, 5) is 11.3. The van der Waals surface area contributed by atoms with E-state index in [1.807, 2.05) is 0 Å². The minimum Gasteiger partial charge on any atom is -0.514 e. The quantitative estimate of drug-likeness (QED) is 0.332. The highest BCUT2D eigenvalue weighted by atomic mass is 16.2. The number of benzene rings is 1. The van der Waals surface area contributed by atoms with Crippen molar-refractivity contribution in [3.63, 3.8) is 0 Å². The second-order valence-electron chi connectivity index (χ2n) is 2.78. The molecule has 0 radical (unpaired) electrons. The molecule has 0 atom stereocenters. The molecule has 0 spiro atoms. The van der Waals surface area contributed by atoms with Gasteiger partial charge in [0.25, 0.3) is 5.91 Å². The Morgan fingerprint density at radius 1 is 1.33 bits per heavy atom. The summed E-state index contributed by atoms with van der Waals surface area (Å²) in [5.41, 5.74) is 6.25. The van der Waals surface area contributed by atoms with Crippen molar-refractivity contribution < 1.29 is 9.90 Å². The number of rotatable bonds is 3. The first-order valence-corrected chi connectivity index (χ1v) is 4.19. The monoisotopic (exact) mass is 205 g/mol. The molecule has 15 heavy (non-hydrogen) atoms. The van der Waals surface area contributed by atoms with Gasteiger partial charge < -0.3 is 16.2 Å². The Kier molecular flexibility index (Phi) is 3.45. The molecule has 0 bridgehead atoms. The molecule has 78 valence electrons. The molecular formula is C10H11N3O2. The third kappa shape index (κ3) is 2.84. The van der Waals surface area contributed by atoms with Gasteiger partial charge in [-0.3, -0.25) is 10.2 Å². The fraction of sp³-hybridized carbons (Fsp3) is 0. The van der Waals surface area contributed by atoms with Crippen molar-refractivity contribution in [2.24, 2.45) is 5.73 Å². The normalized spacial score (nSPS) is 10.1. The van der Waals surface area contributed by atoms with Crippen LogP contribution >= 0.6 is 0 Å². The Bertz CT molecular complexity index is 396. The van der Waals surface area contributed by atoms with E-state index in [4.69, 9.17) is 16.2 Å². The van der Waals surface area contributed by atoms with E-state index < -0.39 is 0 Å². The lowest BCUT2D eigenvalue weighted by molar-refractivity contribution is 0.0969. The van der Waals surface area contributed by atoms with Crippen LogP contribution in [0.15, 0.2) is 36.7 Å². The number of nitrogen functional groups attached to an aromatic ring is 1. The first kappa shape index (κ1) is 10.8. The number of carbonyl (C=O) groups excluding carboxylic acids is 1. The molecule has 0 aliphatic carbocycles. The van der Waals surface area contributed by atoms with Crippen molar-refractivity contribution in [1.29, 1.82) is 5.41 Å². The molecule has 0 aromatic heterocycles. The number of carbonyl (C=O) groups is 1. The topological polar surface area (TPSA) is 99.2 Å². The summed E-state index contributed by atoms with van der Waals surface area (Å²) in [5, 5.41) is 17.8.